The van der Waals surface area contributed by atoms with Gasteiger partial charge >= 0.3 is 0 Å². The Kier molecular flexibility index (Phi) is 8.12. The Bertz CT molecular complexity index is 3670. The summed E-state index contributed by atoms with van der Waals surface area (Å²) in [5.74, 6) is 0. The van der Waals surface area contributed by atoms with Crippen LogP contribution in [0.25, 0.3) is 77.2 Å². The minimum atomic E-state index is -0.415. The van der Waals surface area contributed by atoms with Crippen LogP contribution in [0.4, 0.5) is 17.1 Å². The van der Waals surface area contributed by atoms with Crippen molar-refractivity contribution in [3.63, 3.8) is 0 Å². The van der Waals surface area contributed by atoms with E-state index in [9.17, 15) is 0 Å². The molecule has 0 radical (unpaired) electrons. The van der Waals surface area contributed by atoms with Crippen LogP contribution >= 0.6 is 0 Å². The van der Waals surface area contributed by atoms with Crippen LogP contribution in [0.15, 0.2) is 223 Å². The molecule has 13 rings (SSSR count). The van der Waals surface area contributed by atoms with E-state index in [0.29, 0.717) is 0 Å². The Morgan fingerprint density at radius 1 is 0.385 bits per heavy atom. The zero-order chi connectivity index (χ0) is 43.4. The Morgan fingerprint density at radius 2 is 0.908 bits per heavy atom. The Hall–Kier alpha value is -7.94. The Morgan fingerprint density at radius 3 is 1.60 bits per heavy atom. The fourth-order valence-corrected chi connectivity index (χ4v) is 11.4. The molecule has 0 saturated heterocycles. The van der Waals surface area contributed by atoms with Crippen LogP contribution in [0.2, 0.25) is 0 Å². The lowest BCUT2D eigenvalue weighted by atomic mass is 9.70. The molecule has 11 aromatic rings. The summed E-state index contributed by atoms with van der Waals surface area (Å²) in [5, 5.41) is 4.64. The first-order valence-corrected chi connectivity index (χ1v) is 22.8. The molecule has 308 valence electrons. The number of rotatable bonds is 5. The first kappa shape index (κ1) is 37.6. The molecule has 0 amide bonds. The highest BCUT2D eigenvalue weighted by molar-refractivity contribution is 6.16. The molecule has 0 fully saturated rings. The molecule has 1 spiro atoms. The summed E-state index contributed by atoms with van der Waals surface area (Å²) in [5.41, 5.74) is 21.2. The van der Waals surface area contributed by atoms with Crippen molar-refractivity contribution < 1.29 is 4.42 Å². The van der Waals surface area contributed by atoms with Crippen LogP contribution < -0.4 is 4.90 Å². The average Bonchev–Trinajstić information content (AvgIpc) is 3.98. The number of hydrogen-bond donors (Lipinski definition) is 0. The molecule has 1 heterocycles. The van der Waals surface area contributed by atoms with Crippen molar-refractivity contribution in [1.82, 2.24) is 0 Å². The van der Waals surface area contributed by atoms with Gasteiger partial charge in [-0.1, -0.05) is 197 Å². The van der Waals surface area contributed by atoms with Crippen LogP contribution in [0, 0.1) is 0 Å². The van der Waals surface area contributed by atoms with Crippen molar-refractivity contribution >= 4 is 49.8 Å². The highest BCUT2D eigenvalue weighted by Gasteiger charge is 2.51. The number of hydrogen-bond acceptors (Lipinski definition) is 2. The molecule has 65 heavy (non-hydrogen) atoms. The monoisotopic (exact) mass is 831 g/mol. The van der Waals surface area contributed by atoms with Crippen LogP contribution in [0.5, 0.6) is 0 Å². The third kappa shape index (κ3) is 5.41. The van der Waals surface area contributed by atoms with Gasteiger partial charge in [0, 0.05) is 27.7 Å². The van der Waals surface area contributed by atoms with Gasteiger partial charge in [-0.25, -0.2) is 0 Å². The van der Waals surface area contributed by atoms with Gasteiger partial charge in [0.15, 0.2) is 0 Å². The molecule has 0 saturated carbocycles. The quantitative estimate of drug-likeness (QED) is 0.172. The minimum absolute atomic E-state index is 0.00808. The van der Waals surface area contributed by atoms with Gasteiger partial charge in [0.1, 0.15) is 11.2 Å². The van der Waals surface area contributed by atoms with Crippen LogP contribution in [0.3, 0.4) is 0 Å². The van der Waals surface area contributed by atoms with Gasteiger partial charge in [-0.2, -0.15) is 0 Å². The maximum Gasteiger partial charge on any atom is 0.136 e. The van der Waals surface area contributed by atoms with E-state index in [1.807, 2.05) is 6.07 Å². The zero-order valence-electron chi connectivity index (χ0n) is 36.6. The molecule has 1 aromatic heterocycles. The third-order valence-electron chi connectivity index (χ3n) is 14.3. The van der Waals surface area contributed by atoms with E-state index in [1.54, 1.807) is 0 Å². The Labute approximate surface area is 379 Å². The molecular weight excluding hydrogens is 787 g/mol. The maximum absolute atomic E-state index is 6.47. The summed E-state index contributed by atoms with van der Waals surface area (Å²) in [6, 6.07) is 81.0. The molecule has 0 atom stereocenters. The van der Waals surface area contributed by atoms with E-state index in [1.165, 1.54) is 66.4 Å². The fraction of sp³-hybridized carbons (Fsp3) is 0.0794. The standard InChI is InChI=1S/C63H45NO/c1-62(2,3)41-32-34-42(35-33-41)64(43-36-37-56-52(39-43)48-22-10-14-28-55(48)63(56)53-26-12-8-20-46(53)47-21-9-13-27-54(47)63)57-38-31-40-17-4-5-18-44(40)60(57)49-23-7-6-19-45(49)50-25-16-30-59-61(50)51-24-11-15-29-58(51)65-59/h4-39H,1-3H3. The maximum atomic E-state index is 6.47. The number of anilines is 3. The highest BCUT2D eigenvalue weighted by Crippen LogP contribution is 2.63. The zero-order valence-corrected chi connectivity index (χ0v) is 36.6. The third-order valence-corrected chi connectivity index (χ3v) is 14.3. The van der Waals surface area contributed by atoms with Gasteiger partial charge in [0.05, 0.1) is 11.1 Å². The first-order valence-electron chi connectivity index (χ1n) is 22.8. The summed E-state index contributed by atoms with van der Waals surface area (Å²) in [4.78, 5) is 2.50. The molecule has 2 aliphatic rings. The van der Waals surface area contributed by atoms with E-state index in [4.69, 9.17) is 4.42 Å². The minimum Gasteiger partial charge on any atom is -0.456 e. The van der Waals surface area contributed by atoms with Gasteiger partial charge in [0.2, 0.25) is 0 Å². The molecule has 2 nitrogen and oxygen atoms in total. The first-order chi connectivity index (χ1) is 31.9. The lowest BCUT2D eigenvalue weighted by Gasteiger charge is -2.32. The number of fused-ring (bicyclic) bond motifs is 14. The molecule has 0 bridgehead atoms. The lowest BCUT2D eigenvalue weighted by molar-refractivity contribution is 0.590. The van der Waals surface area contributed by atoms with Crippen molar-refractivity contribution in [3.8, 4) is 44.5 Å². The second kappa shape index (κ2) is 14.0. The number of nitrogens with zero attached hydrogens (tertiary/aromatic N) is 1. The second-order valence-corrected chi connectivity index (χ2v) is 18.8. The van der Waals surface area contributed by atoms with Crippen molar-refractivity contribution in [2.75, 3.05) is 4.90 Å². The van der Waals surface area contributed by atoms with Gasteiger partial charge < -0.3 is 9.32 Å². The van der Waals surface area contributed by atoms with Gasteiger partial charge in [-0.05, 0) is 125 Å². The van der Waals surface area contributed by atoms with Crippen LogP contribution in [0.1, 0.15) is 48.6 Å². The predicted octanol–water partition coefficient (Wildman–Crippen LogP) is 17.2. The largest absolute Gasteiger partial charge is 0.456 e. The van der Waals surface area contributed by atoms with Gasteiger partial charge in [0.25, 0.3) is 0 Å². The van der Waals surface area contributed by atoms with Crippen LogP contribution in [-0.2, 0) is 10.8 Å². The van der Waals surface area contributed by atoms with Crippen molar-refractivity contribution in [1.29, 1.82) is 0 Å². The van der Waals surface area contributed by atoms with Gasteiger partial charge in [-0.15, -0.1) is 0 Å². The number of furan rings is 1. The van der Waals surface area contributed by atoms with Gasteiger partial charge in [-0.3, -0.25) is 0 Å². The molecule has 0 N–H and O–H groups in total. The average molecular weight is 832 g/mol. The van der Waals surface area contributed by atoms with Crippen LogP contribution in [-0.4, -0.2) is 0 Å². The fourth-order valence-electron chi connectivity index (χ4n) is 11.4. The summed E-state index contributed by atoms with van der Waals surface area (Å²) < 4.78 is 6.47. The topological polar surface area (TPSA) is 16.4 Å². The predicted molar refractivity (Wildman–Crippen MR) is 272 cm³/mol. The summed E-state index contributed by atoms with van der Waals surface area (Å²) in [7, 11) is 0. The van der Waals surface area contributed by atoms with Crippen molar-refractivity contribution in [3.05, 3.63) is 246 Å². The summed E-state index contributed by atoms with van der Waals surface area (Å²) in [6.07, 6.45) is 0. The van der Waals surface area contributed by atoms with Crippen molar-refractivity contribution in [2.24, 2.45) is 0 Å². The molecule has 2 aliphatic carbocycles. The second-order valence-electron chi connectivity index (χ2n) is 18.8. The normalized spacial score (nSPS) is 13.3. The van der Waals surface area contributed by atoms with E-state index >= 15 is 0 Å². The SMILES string of the molecule is CC(C)(C)c1ccc(N(c2ccc3c(c2)-c2ccccc2C32c3ccccc3-c3ccccc32)c2ccc3ccccc3c2-c2ccccc2-c2cccc3oc4ccccc4c23)cc1. The molecule has 10 aromatic carbocycles. The highest BCUT2D eigenvalue weighted by atomic mass is 16.3. The lowest BCUT2D eigenvalue weighted by Crippen LogP contribution is -2.25. The number of para-hydroxylation sites is 1. The number of benzene rings is 10. The van der Waals surface area contributed by atoms with Crippen molar-refractivity contribution in [2.45, 2.75) is 31.6 Å². The molecule has 0 aliphatic heterocycles. The van der Waals surface area contributed by atoms with E-state index in [2.05, 4.69) is 238 Å². The van der Waals surface area contributed by atoms with E-state index < -0.39 is 5.41 Å². The summed E-state index contributed by atoms with van der Waals surface area (Å²) in [6.45, 7) is 6.86. The smallest absolute Gasteiger partial charge is 0.136 e. The molecular formula is C63H45NO. The molecule has 2 heteroatoms. The Balaban J connectivity index is 1.09. The molecule has 0 unspecified atom stereocenters. The summed E-state index contributed by atoms with van der Waals surface area (Å²) >= 11 is 0. The van der Waals surface area contributed by atoms with E-state index in [0.717, 1.165) is 55.7 Å². The van der Waals surface area contributed by atoms with E-state index in [-0.39, 0.29) is 5.41 Å².